The Morgan fingerprint density at radius 3 is 2.20 bits per heavy atom. The Bertz CT molecular complexity index is 1590. The van der Waals surface area contributed by atoms with Crippen LogP contribution in [0.5, 0.6) is 17.2 Å². The topological polar surface area (TPSA) is 152 Å². The average Bonchev–Trinajstić information content (AvgIpc) is 3.52. The number of phenolic OH excluding ortho intramolecular Hbond substituents is 3. The van der Waals surface area contributed by atoms with Crippen molar-refractivity contribution in [2.24, 2.45) is 34.0 Å². The maximum absolute atomic E-state index is 13.4. The van der Waals surface area contributed by atoms with Crippen LogP contribution in [0.3, 0.4) is 0 Å². The van der Waals surface area contributed by atoms with Gasteiger partial charge in [0.15, 0.2) is 17.3 Å². The molecule has 5 N–H and O–H groups in total. The minimum absolute atomic E-state index is 0.0226. The molecule has 2 fully saturated rings. The summed E-state index contributed by atoms with van der Waals surface area (Å²) in [7, 11) is 0. The lowest BCUT2D eigenvalue weighted by Gasteiger charge is -2.46. The summed E-state index contributed by atoms with van der Waals surface area (Å²) in [5, 5.41) is 57.4. The predicted octanol–water partition coefficient (Wildman–Crippen LogP) is 7.27. The summed E-state index contributed by atoms with van der Waals surface area (Å²) in [5.41, 5.74) is -1.45. The molecule has 4 aliphatic carbocycles. The summed E-state index contributed by atoms with van der Waals surface area (Å²) in [6.07, 6.45) is 5.23. The first-order valence-electron chi connectivity index (χ1n) is 15.8. The van der Waals surface area contributed by atoms with Crippen molar-refractivity contribution < 1.29 is 39.9 Å². The third kappa shape index (κ3) is 4.19. The molecule has 0 bridgehead atoms. The number of aromatic hydroxyl groups is 3. The first kappa shape index (κ1) is 31.9. The van der Waals surface area contributed by atoms with Gasteiger partial charge >= 0.3 is 0 Å². The van der Waals surface area contributed by atoms with Gasteiger partial charge in [-0.05, 0) is 75.0 Å². The summed E-state index contributed by atoms with van der Waals surface area (Å²) in [4.78, 5) is 38.8. The minimum atomic E-state index is -1.56. The molecule has 0 spiro atoms. The molecule has 0 heterocycles. The van der Waals surface area contributed by atoms with Gasteiger partial charge in [-0.1, -0.05) is 46.3 Å². The Morgan fingerprint density at radius 2 is 1.61 bits per heavy atom. The zero-order chi connectivity index (χ0) is 32.8. The smallest absolute Gasteiger partial charge is 0.183 e. The number of hydrogen-bond acceptors (Lipinski definition) is 8. The van der Waals surface area contributed by atoms with Crippen molar-refractivity contribution in [2.75, 3.05) is 0 Å². The van der Waals surface area contributed by atoms with E-state index < -0.39 is 69.4 Å². The first-order valence-corrected chi connectivity index (χ1v) is 15.8. The van der Waals surface area contributed by atoms with Gasteiger partial charge < -0.3 is 25.5 Å². The highest BCUT2D eigenvalue weighted by Gasteiger charge is 2.71. The average molecular weight is 607 g/mol. The Morgan fingerprint density at radius 1 is 0.977 bits per heavy atom. The molecule has 0 amide bonds. The van der Waals surface area contributed by atoms with E-state index in [2.05, 4.69) is 33.8 Å². The fraction of sp³-hybridized carbons (Fsp3) is 0.583. The van der Waals surface area contributed by atoms with Gasteiger partial charge in [0.25, 0.3) is 0 Å². The molecule has 0 radical (unpaired) electrons. The van der Waals surface area contributed by atoms with E-state index in [1.54, 1.807) is 6.92 Å². The lowest BCUT2D eigenvalue weighted by molar-refractivity contribution is -0.126. The van der Waals surface area contributed by atoms with Gasteiger partial charge in [0.05, 0.1) is 5.41 Å². The molecular formula is C36H46O8. The second-order valence-corrected chi connectivity index (χ2v) is 14.8. The standard InChI is InChI=1S/C36H46O8/c1-9-11-22(38)25-28(40)20(15-21-29(41)23(17(3)37)33(44)35(6,7)32(21)43)27(39)24(30(25)42)19-14-18-13-10-12-16(2)36(18,8)31-26(19)34(31,4)5/h14,16,19,26,31,39-43H,9-13,15H2,1-8H3/t16-,19-,26-,31+,36+/m1/s1. The van der Waals surface area contributed by atoms with Crippen molar-refractivity contribution in [3.63, 3.8) is 0 Å². The third-order valence-electron chi connectivity index (χ3n) is 11.7. The number of aliphatic hydroxyl groups excluding tert-OH is 2. The van der Waals surface area contributed by atoms with Gasteiger partial charge in [0, 0.05) is 35.5 Å². The molecule has 4 aliphatic rings. The number of benzene rings is 1. The monoisotopic (exact) mass is 606 g/mol. The van der Waals surface area contributed by atoms with Crippen LogP contribution in [0.1, 0.15) is 115 Å². The van der Waals surface area contributed by atoms with Crippen molar-refractivity contribution in [1.82, 2.24) is 0 Å². The molecule has 5 atom stereocenters. The maximum atomic E-state index is 13.4. The summed E-state index contributed by atoms with van der Waals surface area (Å²) < 4.78 is 0. The highest BCUT2D eigenvalue weighted by Crippen LogP contribution is 2.78. The van der Waals surface area contributed by atoms with Crippen LogP contribution >= 0.6 is 0 Å². The van der Waals surface area contributed by atoms with Crippen molar-refractivity contribution in [2.45, 2.75) is 99.8 Å². The fourth-order valence-corrected chi connectivity index (χ4v) is 9.05. The Kier molecular flexibility index (Phi) is 7.42. The number of ketones is 3. The third-order valence-corrected chi connectivity index (χ3v) is 11.7. The zero-order valence-electron chi connectivity index (χ0n) is 27.1. The molecule has 0 aliphatic heterocycles. The minimum Gasteiger partial charge on any atom is -0.511 e. The van der Waals surface area contributed by atoms with Gasteiger partial charge in [-0.3, -0.25) is 14.4 Å². The SMILES string of the molecule is CCCC(=O)c1c(O)c(CC2=C(O)C(C)(C)C(=O)C(C(C)=O)=C2O)c(O)c([C@H]2C=C3CCC[C@@H](C)[C@]3(C)[C@H]3[C@@H]2C3(C)C)c1O. The molecule has 238 valence electrons. The van der Waals surface area contributed by atoms with E-state index in [0.717, 1.165) is 26.2 Å². The summed E-state index contributed by atoms with van der Waals surface area (Å²) in [6, 6.07) is 0. The molecule has 0 saturated heterocycles. The Hall–Kier alpha value is -3.55. The fourth-order valence-electron chi connectivity index (χ4n) is 9.05. The van der Waals surface area contributed by atoms with Crippen LogP contribution in [0.25, 0.3) is 0 Å². The molecule has 1 aromatic carbocycles. The van der Waals surface area contributed by atoms with E-state index in [1.807, 2.05) is 0 Å². The highest BCUT2D eigenvalue weighted by atomic mass is 16.3. The number of phenols is 3. The van der Waals surface area contributed by atoms with Crippen molar-refractivity contribution in [1.29, 1.82) is 0 Å². The van der Waals surface area contributed by atoms with Crippen LogP contribution in [0.4, 0.5) is 0 Å². The van der Waals surface area contributed by atoms with Crippen LogP contribution in [-0.4, -0.2) is 42.9 Å². The van der Waals surface area contributed by atoms with Gasteiger partial charge in [0.1, 0.15) is 39.9 Å². The number of carbonyl (C=O) groups is 3. The summed E-state index contributed by atoms with van der Waals surface area (Å²) >= 11 is 0. The Balaban J connectivity index is 1.77. The number of rotatable bonds is 7. The second kappa shape index (κ2) is 10.2. The molecule has 1 aromatic rings. The lowest BCUT2D eigenvalue weighted by Crippen LogP contribution is -2.37. The van der Waals surface area contributed by atoms with Gasteiger partial charge in [-0.25, -0.2) is 0 Å². The number of aliphatic hydroxyl groups is 2. The van der Waals surface area contributed by atoms with Crippen LogP contribution in [0.2, 0.25) is 0 Å². The molecule has 8 heteroatoms. The van der Waals surface area contributed by atoms with E-state index in [-0.39, 0.29) is 51.4 Å². The number of allylic oxidation sites excluding steroid dienone is 5. The molecule has 44 heavy (non-hydrogen) atoms. The predicted molar refractivity (Wildman–Crippen MR) is 166 cm³/mol. The normalized spacial score (nSPS) is 30.5. The van der Waals surface area contributed by atoms with Crippen molar-refractivity contribution >= 4 is 17.3 Å². The van der Waals surface area contributed by atoms with E-state index >= 15 is 0 Å². The van der Waals surface area contributed by atoms with Crippen molar-refractivity contribution in [3.05, 3.63) is 51.0 Å². The number of carbonyl (C=O) groups excluding carboxylic acids is 3. The van der Waals surface area contributed by atoms with E-state index in [1.165, 1.54) is 19.4 Å². The van der Waals surface area contributed by atoms with Gasteiger partial charge in [-0.15, -0.1) is 0 Å². The van der Waals surface area contributed by atoms with Crippen molar-refractivity contribution in [3.8, 4) is 17.2 Å². The van der Waals surface area contributed by atoms with Gasteiger partial charge in [0.2, 0.25) is 0 Å². The Labute approximate surface area is 259 Å². The van der Waals surface area contributed by atoms with E-state index in [4.69, 9.17) is 0 Å². The first-order chi connectivity index (χ1) is 20.4. The second-order valence-electron chi connectivity index (χ2n) is 14.8. The van der Waals surface area contributed by atoms with Crippen LogP contribution in [0, 0.1) is 34.0 Å². The molecule has 2 saturated carbocycles. The zero-order valence-corrected chi connectivity index (χ0v) is 27.1. The van der Waals surface area contributed by atoms with E-state index in [0.29, 0.717) is 12.3 Å². The number of Topliss-reactive ketones (excluding diaryl/α,β-unsaturated/α-hetero) is 3. The van der Waals surface area contributed by atoms with E-state index in [9.17, 15) is 39.9 Å². The maximum Gasteiger partial charge on any atom is 0.183 e. The summed E-state index contributed by atoms with van der Waals surface area (Å²) in [5.74, 6) is -4.37. The highest BCUT2D eigenvalue weighted by molar-refractivity contribution is 6.23. The van der Waals surface area contributed by atoms with Crippen LogP contribution < -0.4 is 0 Å². The van der Waals surface area contributed by atoms with Crippen LogP contribution in [0.15, 0.2) is 34.3 Å². The summed E-state index contributed by atoms with van der Waals surface area (Å²) in [6.45, 7) is 14.8. The quantitative estimate of drug-likeness (QED) is 0.123. The van der Waals surface area contributed by atoms with Crippen LogP contribution in [-0.2, 0) is 16.0 Å². The largest absolute Gasteiger partial charge is 0.511 e. The molecule has 8 nitrogen and oxygen atoms in total. The number of fused-ring (bicyclic) bond motifs is 3. The molecule has 0 unspecified atom stereocenters. The molecule has 5 rings (SSSR count). The van der Waals surface area contributed by atoms with Gasteiger partial charge in [-0.2, -0.15) is 0 Å². The number of hydrogen-bond donors (Lipinski definition) is 5. The molecular weight excluding hydrogens is 560 g/mol. The lowest BCUT2D eigenvalue weighted by atomic mass is 9.58. The molecule has 0 aromatic heterocycles.